The van der Waals surface area contributed by atoms with E-state index in [4.69, 9.17) is 4.74 Å². The summed E-state index contributed by atoms with van der Waals surface area (Å²) in [6.07, 6.45) is 0.803. The minimum absolute atomic E-state index is 0.0288. The monoisotopic (exact) mass is 380 g/mol. The van der Waals surface area contributed by atoms with Gasteiger partial charge in [0.05, 0.1) is 19.4 Å². The third-order valence-corrected chi connectivity index (χ3v) is 4.75. The van der Waals surface area contributed by atoms with Crippen molar-refractivity contribution in [2.24, 2.45) is 0 Å². The van der Waals surface area contributed by atoms with E-state index in [9.17, 15) is 14.4 Å². The molecule has 0 aromatic heterocycles. The Morgan fingerprint density at radius 3 is 2.61 bits per heavy atom. The van der Waals surface area contributed by atoms with Crippen molar-refractivity contribution < 1.29 is 19.1 Å². The molecule has 1 aliphatic heterocycles. The lowest BCUT2D eigenvalue weighted by Crippen LogP contribution is -2.27. The Kier molecular flexibility index (Phi) is 6.09. The van der Waals surface area contributed by atoms with Crippen LogP contribution in [0.3, 0.4) is 0 Å². The van der Waals surface area contributed by atoms with Crippen LogP contribution in [0.25, 0.3) is 0 Å². The zero-order chi connectivity index (χ0) is 20.1. The number of hydrogen-bond donors (Lipinski definition) is 1. The maximum Gasteiger partial charge on any atom is 0.231 e. The molecule has 0 atom stereocenters. The molecule has 0 saturated carbocycles. The molecule has 3 rings (SSSR count). The molecular weight excluding hydrogens is 356 g/mol. The molecule has 0 spiro atoms. The number of Topliss-reactive ketones (excluding diaryl/α,β-unsaturated/α-hetero) is 1. The number of likely N-dealkylation sites (N-methyl/N-ethyl adjacent to an activating group) is 1. The summed E-state index contributed by atoms with van der Waals surface area (Å²) in [6.45, 7) is 2.80. The normalized spacial score (nSPS) is 12.6. The molecule has 2 aromatic rings. The smallest absolute Gasteiger partial charge is 0.231 e. The number of fused-ring (bicyclic) bond motifs is 1. The number of rotatable bonds is 8. The molecule has 0 bridgehead atoms. The summed E-state index contributed by atoms with van der Waals surface area (Å²) in [5, 5.41) is 2.78. The Hall–Kier alpha value is -3.15. The third kappa shape index (κ3) is 4.57. The highest BCUT2D eigenvalue weighted by Crippen LogP contribution is 2.28. The number of ketones is 1. The van der Waals surface area contributed by atoms with E-state index in [1.165, 1.54) is 0 Å². The lowest BCUT2D eigenvalue weighted by Gasteiger charge is -2.10. The van der Waals surface area contributed by atoms with Gasteiger partial charge in [-0.15, -0.1) is 0 Å². The van der Waals surface area contributed by atoms with Crippen molar-refractivity contribution in [2.45, 2.75) is 26.2 Å². The maximum absolute atomic E-state index is 12.4. The van der Waals surface area contributed by atoms with E-state index in [2.05, 4.69) is 5.32 Å². The zero-order valence-electron chi connectivity index (χ0n) is 16.2. The predicted molar refractivity (Wildman–Crippen MR) is 107 cm³/mol. The Morgan fingerprint density at radius 2 is 1.89 bits per heavy atom. The number of nitrogens with zero attached hydrogens (tertiary/aromatic N) is 1. The molecule has 1 aliphatic rings. The van der Waals surface area contributed by atoms with Crippen LogP contribution in [0.1, 0.15) is 34.8 Å². The van der Waals surface area contributed by atoms with E-state index in [0.717, 1.165) is 22.6 Å². The van der Waals surface area contributed by atoms with Gasteiger partial charge in [0.2, 0.25) is 11.8 Å². The van der Waals surface area contributed by atoms with Gasteiger partial charge in [0.15, 0.2) is 5.78 Å². The Balaban J connectivity index is 1.47. The van der Waals surface area contributed by atoms with Gasteiger partial charge < -0.3 is 15.0 Å². The van der Waals surface area contributed by atoms with Gasteiger partial charge in [0, 0.05) is 31.3 Å². The second-order valence-electron chi connectivity index (χ2n) is 6.75. The van der Waals surface area contributed by atoms with Crippen LogP contribution in [0.2, 0.25) is 0 Å². The van der Waals surface area contributed by atoms with Gasteiger partial charge in [-0.3, -0.25) is 14.4 Å². The summed E-state index contributed by atoms with van der Waals surface area (Å²) in [6, 6.07) is 12.7. The highest BCUT2D eigenvalue weighted by Gasteiger charge is 2.24. The van der Waals surface area contributed by atoms with Crippen LogP contribution >= 0.6 is 0 Å². The van der Waals surface area contributed by atoms with Crippen molar-refractivity contribution in [3.63, 3.8) is 0 Å². The maximum atomic E-state index is 12.4. The SMILES string of the molecule is CCOc1ccc(CC(=O)NCCC(=O)c2ccc3c(c2)CC(=O)N3C)cc1. The van der Waals surface area contributed by atoms with Crippen molar-refractivity contribution in [1.29, 1.82) is 0 Å². The van der Waals surface area contributed by atoms with E-state index in [-0.39, 0.29) is 37.0 Å². The fourth-order valence-electron chi connectivity index (χ4n) is 3.22. The molecule has 0 unspecified atom stereocenters. The van der Waals surface area contributed by atoms with E-state index in [1.54, 1.807) is 30.1 Å². The van der Waals surface area contributed by atoms with Crippen molar-refractivity contribution in [3.05, 3.63) is 59.2 Å². The number of amides is 2. The van der Waals surface area contributed by atoms with Gasteiger partial charge in [-0.2, -0.15) is 0 Å². The number of carbonyl (C=O) groups excluding carboxylic acids is 3. The number of anilines is 1. The number of ether oxygens (including phenoxy) is 1. The number of hydrogen-bond acceptors (Lipinski definition) is 4. The summed E-state index contributed by atoms with van der Waals surface area (Å²) >= 11 is 0. The molecule has 0 fully saturated rings. The number of nitrogens with one attached hydrogen (secondary N) is 1. The molecule has 2 aromatic carbocycles. The van der Waals surface area contributed by atoms with Crippen LogP contribution in [0.15, 0.2) is 42.5 Å². The molecule has 28 heavy (non-hydrogen) atoms. The van der Waals surface area contributed by atoms with Crippen molar-refractivity contribution in [2.75, 3.05) is 25.1 Å². The summed E-state index contributed by atoms with van der Waals surface area (Å²) in [4.78, 5) is 37.8. The molecule has 6 heteroatoms. The fraction of sp³-hybridized carbons (Fsp3) is 0.318. The first-order chi connectivity index (χ1) is 13.5. The van der Waals surface area contributed by atoms with E-state index >= 15 is 0 Å². The molecule has 0 saturated heterocycles. The summed E-state index contributed by atoms with van der Waals surface area (Å²) in [5.74, 6) is 0.630. The van der Waals surface area contributed by atoms with E-state index in [0.29, 0.717) is 18.6 Å². The summed E-state index contributed by atoms with van der Waals surface area (Å²) in [7, 11) is 1.73. The molecular formula is C22H24N2O4. The molecule has 0 aliphatic carbocycles. The fourth-order valence-corrected chi connectivity index (χ4v) is 3.22. The first-order valence-electron chi connectivity index (χ1n) is 9.39. The quantitative estimate of drug-likeness (QED) is 0.714. The van der Waals surface area contributed by atoms with Gasteiger partial charge in [-0.25, -0.2) is 0 Å². The number of carbonyl (C=O) groups is 3. The van der Waals surface area contributed by atoms with Gasteiger partial charge in [-0.05, 0) is 48.4 Å². The largest absolute Gasteiger partial charge is 0.494 e. The van der Waals surface area contributed by atoms with E-state index < -0.39 is 0 Å². The second kappa shape index (κ2) is 8.69. The Labute approximate surface area is 164 Å². The van der Waals surface area contributed by atoms with Gasteiger partial charge in [-0.1, -0.05) is 12.1 Å². The van der Waals surface area contributed by atoms with Crippen molar-refractivity contribution >= 4 is 23.3 Å². The Morgan fingerprint density at radius 1 is 1.14 bits per heavy atom. The summed E-state index contributed by atoms with van der Waals surface area (Å²) < 4.78 is 5.38. The lowest BCUT2D eigenvalue weighted by molar-refractivity contribution is -0.120. The minimum Gasteiger partial charge on any atom is -0.494 e. The highest BCUT2D eigenvalue weighted by molar-refractivity contribution is 6.03. The highest BCUT2D eigenvalue weighted by atomic mass is 16.5. The summed E-state index contributed by atoms with van der Waals surface area (Å²) in [5.41, 5.74) is 3.19. The average molecular weight is 380 g/mol. The van der Waals surface area contributed by atoms with Crippen LogP contribution in [-0.4, -0.2) is 37.8 Å². The average Bonchev–Trinajstić information content (AvgIpc) is 2.97. The second-order valence-corrected chi connectivity index (χ2v) is 6.75. The molecule has 2 amide bonds. The van der Waals surface area contributed by atoms with Gasteiger partial charge in [0.25, 0.3) is 0 Å². The van der Waals surface area contributed by atoms with Crippen LogP contribution in [0.4, 0.5) is 5.69 Å². The van der Waals surface area contributed by atoms with Crippen LogP contribution in [-0.2, 0) is 22.4 Å². The first kappa shape index (κ1) is 19.6. The molecule has 1 N–H and O–H groups in total. The first-order valence-corrected chi connectivity index (χ1v) is 9.39. The van der Waals surface area contributed by atoms with Crippen molar-refractivity contribution in [1.82, 2.24) is 5.32 Å². The molecule has 6 nitrogen and oxygen atoms in total. The third-order valence-electron chi connectivity index (χ3n) is 4.75. The van der Waals surface area contributed by atoms with E-state index in [1.807, 2.05) is 31.2 Å². The molecule has 146 valence electrons. The van der Waals surface area contributed by atoms with Gasteiger partial charge in [0.1, 0.15) is 5.75 Å². The number of benzene rings is 2. The predicted octanol–water partition coefficient (Wildman–Crippen LogP) is 2.54. The van der Waals surface area contributed by atoms with Crippen LogP contribution in [0.5, 0.6) is 5.75 Å². The van der Waals surface area contributed by atoms with Crippen LogP contribution < -0.4 is 15.0 Å². The van der Waals surface area contributed by atoms with Crippen molar-refractivity contribution in [3.8, 4) is 5.75 Å². The molecule has 0 radical (unpaired) electrons. The minimum atomic E-state index is -0.127. The lowest BCUT2D eigenvalue weighted by atomic mass is 10.0. The van der Waals surface area contributed by atoms with Crippen LogP contribution in [0, 0.1) is 0 Å². The standard InChI is InChI=1S/C22H24N2O4/c1-3-28-18-7-4-15(5-8-18)12-21(26)23-11-10-20(25)16-6-9-19-17(13-16)14-22(27)24(19)2/h4-9,13H,3,10-12,14H2,1-2H3,(H,23,26). The molecule has 1 heterocycles. The topological polar surface area (TPSA) is 75.7 Å². The Bertz CT molecular complexity index is 890. The zero-order valence-corrected chi connectivity index (χ0v) is 16.2. The van der Waals surface area contributed by atoms with Gasteiger partial charge >= 0.3 is 0 Å².